The van der Waals surface area contributed by atoms with E-state index in [1.807, 2.05) is 0 Å². The highest BCUT2D eigenvalue weighted by atomic mass is 79.9. The Labute approximate surface area is 90.2 Å². The lowest BCUT2D eigenvalue weighted by Crippen LogP contribution is -2.39. The van der Waals surface area contributed by atoms with Crippen LogP contribution in [0.2, 0.25) is 0 Å². The average Bonchev–Trinajstić information content (AvgIpc) is 2.56. The minimum absolute atomic E-state index is 0.0160. The Kier molecular flexibility index (Phi) is 2.95. The molecule has 0 aromatic carbocycles. The minimum Gasteiger partial charge on any atom is -0.378 e. The molecule has 0 radical (unpaired) electrons. The van der Waals surface area contributed by atoms with E-state index in [2.05, 4.69) is 31.2 Å². The van der Waals surface area contributed by atoms with Gasteiger partial charge in [-0.1, -0.05) is 0 Å². The molecule has 1 aliphatic rings. The van der Waals surface area contributed by atoms with Gasteiger partial charge in [-0.3, -0.25) is 0 Å². The van der Waals surface area contributed by atoms with Gasteiger partial charge in [0.2, 0.25) is 5.95 Å². The van der Waals surface area contributed by atoms with E-state index in [1.165, 1.54) is 0 Å². The summed E-state index contributed by atoms with van der Waals surface area (Å²) in [7, 11) is 0. The Hall–Kier alpha value is -0.720. The highest BCUT2D eigenvalue weighted by Crippen LogP contribution is 2.11. The van der Waals surface area contributed by atoms with Crippen LogP contribution in [0.3, 0.4) is 0 Å². The monoisotopic (exact) mass is 258 g/mol. The summed E-state index contributed by atoms with van der Waals surface area (Å²) < 4.78 is 6.07. The number of nitrogens with two attached hydrogens (primary N) is 1. The van der Waals surface area contributed by atoms with Gasteiger partial charge >= 0.3 is 0 Å². The van der Waals surface area contributed by atoms with E-state index < -0.39 is 0 Å². The first-order valence-electron chi connectivity index (χ1n) is 4.33. The molecule has 0 amide bonds. The Morgan fingerprint density at radius 3 is 2.71 bits per heavy atom. The lowest BCUT2D eigenvalue weighted by molar-refractivity contribution is 0.192. The lowest BCUT2D eigenvalue weighted by atomic mass is 10.2. The van der Waals surface area contributed by atoms with Crippen LogP contribution in [0.1, 0.15) is 0 Å². The molecule has 0 bridgehead atoms. The molecule has 0 aliphatic carbocycles. The maximum atomic E-state index is 5.80. The van der Waals surface area contributed by atoms with Gasteiger partial charge in [-0.15, -0.1) is 0 Å². The predicted octanol–water partition coefficient (Wildman–Crippen LogP) is 0.377. The quantitative estimate of drug-likeness (QED) is 0.803. The van der Waals surface area contributed by atoms with Crippen molar-refractivity contribution in [3.63, 3.8) is 0 Å². The fourth-order valence-electron chi connectivity index (χ4n) is 1.27. The molecule has 0 spiro atoms. The molecule has 6 heteroatoms. The molecule has 0 saturated carbocycles. The average molecular weight is 259 g/mol. The smallest absolute Gasteiger partial charge is 0.223 e. The number of halogens is 1. The van der Waals surface area contributed by atoms with Gasteiger partial charge in [0.1, 0.15) is 0 Å². The molecular formula is C8H11BrN4O. The number of rotatable bonds is 2. The van der Waals surface area contributed by atoms with Crippen molar-refractivity contribution in [2.24, 2.45) is 5.73 Å². The molecule has 5 nitrogen and oxygen atoms in total. The molecule has 1 fully saturated rings. The van der Waals surface area contributed by atoms with Gasteiger partial charge in [0.15, 0.2) is 0 Å². The van der Waals surface area contributed by atoms with Crippen LogP contribution >= 0.6 is 15.9 Å². The van der Waals surface area contributed by atoms with Gasteiger partial charge in [-0.25, -0.2) is 9.97 Å². The molecular weight excluding hydrogens is 248 g/mol. The first kappa shape index (κ1) is 9.82. The third-order valence-electron chi connectivity index (χ3n) is 2.06. The topological polar surface area (TPSA) is 73.1 Å². The summed E-state index contributed by atoms with van der Waals surface area (Å²) >= 11 is 3.27. The summed E-state index contributed by atoms with van der Waals surface area (Å²) in [6.07, 6.45) is 3.38. The summed E-state index contributed by atoms with van der Waals surface area (Å²) in [5, 5.41) is 3.12. The largest absolute Gasteiger partial charge is 0.378 e. The Morgan fingerprint density at radius 1 is 1.43 bits per heavy atom. The van der Waals surface area contributed by atoms with Crippen molar-refractivity contribution in [1.29, 1.82) is 0 Å². The molecule has 1 aromatic rings. The molecule has 76 valence electrons. The fourth-order valence-corrected chi connectivity index (χ4v) is 1.48. The molecule has 1 saturated heterocycles. The predicted molar refractivity (Wildman–Crippen MR) is 55.9 cm³/mol. The first-order chi connectivity index (χ1) is 6.75. The molecule has 14 heavy (non-hydrogen) atoms. The summed E-state index contributed by atoms with van der Waals surface area (Å²) in [5.41, 5.74) is 5.80. The molecule has 2 heterocycles. The van der Waals surface area contributed by atoms with Crippen LogP contribution in [0.5, 0.6) is 0 Å². The van der Waals surface area contributed by atoms with Crippen molar-refractivity contribution in [2.75, 3.05) is 18.5 Å². The molecule has 2 rings (SSSR count). The van der Waals surface area contributed by atoms with Crippen molar-refractivity contribution in [2.45, 2.75) is 12.1 Å². The Morgan fingerprint density at radius 2 is 2.14 bits per heavy atom. The maximum absolute atomic E-state index is 5.80. The van der Waals surface area contributed by atoms with E-state index in [1.54, 1.807) is 12.4 Å². The standard InChI is InChI=1S/C8H11BrN4O/c9-5-1-11-8(12-2-5)13-7-4-14-3-6(7)10/h1-2,6-7H,3-4,10H2,(H,11,12,13). The molecule has 2 atom stereocenters. The first-order valence-corrected chi connectivity index (χ1v) is 5.12. The van der Waals surface area contributed by atoms with Crippen LogP contribution in [-0.2, 0) is 4.74 Å². The Balaban J connectivity index is 2.00. The van der Waals surface area contributed by atoms with Crippen LogP contribution in [0.4, 0.5) is 5.95 Å². The second-order valence-corrected chi connectivity index (χ2v) is 4.09. The second-order valence-electron chi connectivity index (χ2n) is 3.18. The Bertz CT molecular complexity index is 305. The molecule has 3 N–H and O–H groups in total. The van der Waals surface area contributed by atoms with Gasteiger partial charge in [0, 0.05) is 12.4 Å². The number of nitrogens with zero attached hydrogens (tertiary/aromatic N) is 2. The van der Waals surface area contributed by atoms with Crippen LogP contribution in [0, 0.1) is 0 Å². The van der Waals surface area contributed by atoms with E-state index in [0.29, 0.717) is 19.2 Å². The fraction of sp³-hybridized carbons (Fsp3) is 0.500. The highest BCUT2D eigenvalue weighted by molar-refractivity contribution is 9.10. The number of nitrogens with one attached hydrogen (secondary N) is 1. The van der Waals surface area contributed by atoms with Crippen molar-refractivity contribution in [3.05, 3.63) is 16.9 Å². The summed E-state index contributed by atoms with van der Waals surface area (Å²) in [6.45, 7) is 1.20. The summed E-state index contributed by atoms with van der Waals surface area (Å²) in [6, 6.07) is 0.124. The molecule has 1 aliphatic heterocycles. The van der Waals surface area contributed by atoms with Gasteiger partial charge in [-0.2, -0.15) is 0 Å². The van der Waals surface area contributed by atoms with Crippen molar-refractivity contribution >= 4 is 21.9 Å². The van der Waals surface area contributed by atoms with Crippen LogP contribution < -0.4 is 11.1 Å². The third-order valence-corrected chi connectivity index (χ3v) is 2.47. The SMILES string of the molecule is NC1COCC1Nc1ncc(Br)cn1. The van der Waals surface area contributed by atoms with E-state index in [0.717, 1.165) is 4.47 Å². The minimum atomic E-state index is 0.0160. The second kappa shape index (κ2) is 4.20. The van der Waals surface area contributed by atoms with Crippen LogP contribution in [0.25, 0.3) is 0 Å². The summed E-state index contributed by atoms with van der Waals surface area (Å²) in [4.78, 5) is 8.19. The van der Waals surface area contributed by atoms with Gasteiger partial charge < -0.3 is 15.8 Å². The zero-order chi connectivity index (χ0) is 9.97. The van der Waals surface area contributed by atoms with E-state index >= 15 is 0 Å². The lowest BCUT2D eigenvalue weighted by Gasteiger charge is -2.14. The number of hydrogen-bond donors (Lipinski definition) is 2. The maximum Gasteiger partial charge on any atom is 0.223 e. The van der Waals surface area contributed by atoms with E-state index in [4.69, 9.17) is 10.5 Å². The van der Waals surface area contributed by atoms with Gasteiger partial charge in [0.05, 0.1) is 29.8 Å². The zero-order valence-corrected chi connectivity index (χ0v) is 9.07. The summed E-state index contributed by atoms with van der Waals surface area (Å²) in [5.74, 6) is 0.583. The van der Waals surface area contributed by atoms with Crippen molar-refractivity contribution in [3.8, 4) is 0 Å². The number of aromatic nitrogens is 2. The third kappa shape index (κ3) is 2.20. The molecule has 2 unspecified atom stereocenters. The highest BCUT2D eigenvalue weighted by Gasteiger charge is 2.25. The van der Waals surface area contributed by atoms with E-state index in [-0.39, 0.29) is 12.1 Å². The normalized spacial score (nSPS) is 26.4. The van der Waals surface area contributed by atoms with Crippen LogP contribution in [-0.4, -0.2) is 35.3 Å². The molecule has 1 aromatic heterocycles. The van der Waals surface area contributed by atoms with Crippen LogP contribution in [0.15, 0.2) is 16.9 Å². The van der Waals surface area contributed by atoms with Gasteiger partial charge in [0.25, 0.3) is 0 Å². The zero-order valence-electron chi connectivity index (χ0n) is 7.48. The van der Waals surface area contributed by atoms with Crippen molar-refractivity contribution < 1.29 is 4.74 Å². The number of ether oxygens (including phenoxy) is 1. The number of anilines is 1. The van der Waals surface area contributed by atoms with Crippen molar-refractivity contribution in [1.82, 2.24) is 9.97 Å². The van der Waals surface area contributed by atoms with Gasteiger partial charge in [-0.05, 0) is 15.9 Å². The number of hydrogen-bond acceptors (Lipinski definition) is 5. The van der Waals surface area contributed by atoms with E-state index in [9.17, 15) is 0 Å².